The zero-order chi connectivity index (χ0) is 12.9. The average Bonchev–Trinajstić information content (AvgIpc) is 2.27. The Bertz CT molecular complexity index is 377. The number of rotatable bonds is 5. The summed E-state index contributed by atoms with van der Waals surface area (Å²) in [4.78, 5) is 10.6. The van der Waals surface area contributed by atoms with E-state index in [-0.39, 0.29) is 12.4 Å². The van der Waals surface area contributed by atoms with Crippen molar-refractivity contribution in [3.63, 3.8) is 0 Å². The SMILES string of the molecule is CC(CO)(CCc1ccc(O)cc1)NC(=O)O. The lowest BCUT2D eigenvalue weighted by Crippen LogP contribution is -2.48. The summed E-state index contributed by atoms with van der Waals surface area (Å²) in [6.45, 7) is 1.40. The van der Waals surface area contributed by atoms with Crippen molar-refractivity contribution < 1.29 is 20.1 Å². The number of benzene rings is 1. The van der Waals surface area contributed by atoms with Crippen molar-refractivity contribution in [1.82, 2.24) is 5.32 Å². The zero-order valence-corrected chi connectivity index (χ0v) is 9.68. The highest BCUT2D eigenvalue weighted by Crippen LogP contribution is 2.16. The van der Waals surface area contributed by atoms with Crippen molar-refractivity contribution in [3.8, 4) is 5.75 Å². The number of phenolic OH excluding ortho intramolecular Hbond substituents is 1. The molecule has 0 aliphatic rings. The smallest absolute Gasteiger partial charge is 0.405 e. The number of nitrogens with one attached hydrogen (secondary N) is 1. The van der Waals surface area contributed by atoms with Crippen LogP contribution in [-0.4, -0.2) is 33.6 Å². The molecule has 17 heavy (non-hydrogen) atoms. The molecule has 5 nitrogen and oxygen atoms in total. The van der Waals surface area contributed by atoms with Gasteiger partial charge in [-0.05, 0) is 37.5 Å². The minimum atomic E-state index is -1.15. The second kappa shape index (κ2) is 5.54. The normalized spacial score (nSPS) is 14.0. The largest absolute Gasteiger partial charge is 0.508 e. The monoisotopic (exact) mass is 239 g/mol. The summed E-state index contributed by atoms with van der Waals surface area (Å²) >= 11 is 0. The number of carbonyl (C=O) groups is 1. The Morgan fingerprint density at radius 2 is 1.94 bits per heavy atom. The van der Waals surface area contributed by atoms with Crippen LogP contribution in [0.15, 0.2) is 24.3 Å². The van der Waals surface area contributed by atoms with Crippen LogP contribution in [0.4, 0.5) is 4.79 Å². The van der Waals surface area contributed by atoms with Crippen LogP contribution in [0.1, 0.15) is 18.9 Å². The molecule has 4 N–H and O–H groups in total. The van der Waals surface area contributed by atoms with Crippen LogP contribution in [0.25, 0.3) is 0 Å². The summed E-state index contributed by atoms with van der Waals surface area (Å²) in [5, 5.41) is 29.3. The first-order chi connectivity index (χ1) is 7.95. The van der Waals surface area contributed by atoms with Crippen LogP contribution in [0.2, 0.25) is 0 Å². The first-order valence-corrected chi connectivity index (χ1v) is 5.35. The number of aromatic hydroxyl groups is 1. The number of carboxylic acid groups (broad SMARTS) is 1. The van der Waals surface area contributed by atoms with E-state index in [1.54, 1.807) is 31.2 Å². The van der Waals surface area contributed by atoms with E-state index in [0.717, 1.165) is 5.56 Å². The van der Waals surface area contributed by atoms with Gasteiger partial charge in [0.2, 0.25) is 0 Å². The molecule has 0 spiro atoms. The lowest BCUT2D eigenvalue weighted by molar-refractivity contribution is 0.141. The van der Waals surface area contributed by atoms with E-state index in [4.69, 9.17) is 10.2 Å². The maximum atomic E-state index is 10.6. The van der Waals surface area contributed by atoms with Gasteiger partial charge in [-0.25, -0.2) is 4.79 Å². The van der Waals surface area contributed by atoms with Crippen molar-refractivity contribution in [2.75, 3.05) is 6.61 Å². The molecule has 1 amide bonds. The van der Waals surface area contributed by atoms with E-state index >= 15 is 0 Å². The Morgan fingerprint density at radius 1 is 1.35 bits per heavy atom. The van der Waals surface area contributed by atoms with Gasteiger partial charge in [-0.1, -0.05) is 12.1 Å². The van der Waals surface area contributed by atoms with Gasteiger partial charge in [-0.2, -0.15) is 0 Å². The number of hydrogen-bond donors (Lipinski definition) is 4. The lowest BCUT2D eigenvalue weighted by Gasteiger charge is -2.27. The first kappa shape index (κ1) is 13.3. The molecule has 0 aliphatic heterocycles. The van der Waals surface area contributed by atoms with E-state index in [2.05, 4.69) is 5.32 Å². The standard InChI is InChI=1S/C12H17NO4/c1-12(8-14,13-11(16)17)7-6-9-2-4-10(15)5-3-9/h2-5,13-15H,6-8H2,1H3,(H,16,17). The molecule has 1 atom stereocenters. The molecular weight excluding hydrogens is 222 g/mol. The van der Waals surface area contributed by atoms with Crippen molar-refractivity contribution in [1.29, 1.82) is 0 Å². The van der Waals surface area contributed by atoms with E-state index in [1.807, 2.05) is 0 Å². The van der Waals surface area contributed by atoms with Crippen LogP contribution in [0, 0.1) is 0 Å². The number of aryl methyl sites for hydroxylation is 1. The molecule has 1 aromatic rings. The highest BCUT2D eigenvalue weighted by molar-refractivity contribution is 5.65. The van der Waals surface area contributed by atoms with Gasteiger partial charge in [0, 0.05) is 0 Å². The van der Waals surface area contributed by atoms with Gasteiger partial charge in [-0.3, -0.25) is 0 Å². The summed E-state index contributed by atoms with van der Waals surface area (Å²) in [6, 6.07) is 6.70. The summed E-state index contributed by atoms with van der Waals surface area (Å²) in [5.41, 5.74) is 0.138. The minimum Gasteiger partial charge on any atom is -0.508 e. The third kappa shape index (κ3) is 4.32. The van der Waals surface area contributed by atoms with Crippen molar-refractivity contribution in [3.05, 3.63) is 29.8 Å². The molecular formula is C12H17NO4. The van der Waals surface area contributed by atoms with Crippen LogP contribution in [-0.2, 0) is 6.42 Å². The Kier molecular flexibility index (Phi) is 4.34. The molecule has 0 aromatic heterocycles. The Balaban J connectivity index is 2.58. The van der Waals surface area contributed by atoms with Gasteiger partial charge >= 0.3 is 6.09 Å². The van der Waals surface area contributed by atoms with Crippen LogP contribution in [0.5, 0.6) is 5.75 Å². The van der Waals surface area contributed by atoms with E-state index in [9.17, 15) is 9.90 Å². The summed E-state index contributed by atoms with van der Waals surface area (Å²) in [6.07, 6.45) is -0.0367. The van der Waals surface area contributed by atoms with Crippen molar-refractivity contribution in [2.45, 2.75) is 25.3 Å². The quantitative estimate of drug-likeness (QED) is 0.624. The van der Waals surface area contributed by atoms with Gasteiger partial charge in [-0.15, -0.1) is 0 Å². The predicted octanol–water partition coefficient (Wildman–Crippen LogP) is 1.34. The molecule has 0 bridgehead atoms. The molecule has 1 aromatic carbocycles. The third-order valence-corrected chi connectivity index (χ3v) is 2.66. The minimum absolute atomic E-state index is 0.197. The summed E-state index contributed by atoms with van der Waals surface area (Å²) < 4.78 is 0. The van der Waals surface area contributed by atoms with E-state index in [1.165, 1.54) is 0 Å². The maximum absolute atomic E-state index is 10.6. The second-order valence-corrected chi connectivity index (χ2v) is 4.32. The number of aliphatic hydroxyl groups is 1. The fourth-order valence-corrected chi connectivity index (χ4v) is 1.52. The molecule has 94 valence electrons. The second-order valence-electron chi connectivity index (χ2n) is 4.32. The molecule has 0 heterocycles. The maximum Gasteiger partial charge on any atom is 0.405 e. The van der Waals surface area contributed by atoms with E-state index in [0.29, 0.717) is 12.8 Å². The summed E-state index contributed by atoms with van der Waals surface area (Å²) in [5.74, 6) is 0.197. The molecule has 1 unspecified atom stereocenters. The number of hydrogen-bond acceptors (Lipinski definition) is 3. The van der Waals surface area contributed by atoms with Crippen molar-refractivity contribution in [2.24, 2.45) is 0 Å². The Morgan fingerprint density at radius 3 is 2.41 bits per heavy atom. The van der Waals surface area contributed by atoms with Crippen LogP contribution in [0.3, 0.4) is 0 Å². The fourth-order valence-electron chi connectivity index (χ4n) is 1.52. The van der Waals surface area contributed by atoms with Crippen LogP contribution < -0.4 is 5.32 Å². The fraction of sp³-hybridized carbons (Fsp3) is 0.417. The van der Waals surface area contributed by atoms with Gasteiger partial charge in [0.15, 0.2) is 0 Å². The third-order valence-electron chi connectivity index (χ3n) is 2.66. The van der Waals surface area contributed by atoms with Crippen molar-refractivity contribution >= 4 is 6.09 Å². The zero-order valence-electron chi connectivity index (χ0n) is 9.68. The number of phenols is 1. The van der Waals surface area contributed by atoms with Gasteiger partial charge in [0.05, 0.1) is 12.1 Å². The molecule has 0 saturated carbocycles. The molecule has 5 heteroatoms. The molecule has 0 saturated heterocycles. The van der Waals surface area contributed by atoms with Gasteiger partial charge < -0.3 is 20.6 Å². The Labute approximate surface area is 99.7 Å². The molecule has 1 rings (SSSR count). The van der Waals surface area contributed by atoms with E-state index < -0.39 is 11.6 Å². The highest BCUT2D eigenvalue weighted by Gasteiger charge is 2.24. The highest BCUT2D eigenvalue weighted by atomic mass is 16.4. The summed E-state index contributed by atoms with van der Waals surface area (Å²) in [7, 11) is 0. The topological polar surface area (TPSA) is 89.8 Å². The van der Waals surface area contributed by atoms with Crippen LogP contribution >= 0.6 is 0 Å². The lowest BCUT2D eigenvalue weighted by atomic mass is 9.94. The first-order valence-electron chi connectivity index (χ1n) is 5.35. The molecule has 0 aliphatic carbocycles. The molecule has 0 fully saturated rings. The number of amides is 1. The molecule has 0 radical (unpaired) electrons. The number of aliphatic hydroxyl groups excluding tert-OH is 1. The van der Waals surface area contributed by atoms with Gasteiger partial charge in [0.1, 0.15) is 5.75 Å². The van der Waals surface area contributed by atoms with Gasteiger partial charge in [0.25, 0.3) is 0 Å². The Hall–Kier alpha value is -1.75. The predicted molar refractivity (Wildman–Crippen MR) is 63.1 cm³/mol. The average molecular weight is 239 g/mol.